The molecule has 4 nitrogen and oxygen atoms in total. The molecule has 1 amide bonds. The molecule has 2 N–H and O–H groups in total. The smallest absolute Gasteiger partial charge is 0.225 e. The molecule has 1 saturated heterocycles. The average molecular weight is 237 g/mol. The summed E-state index contributed by atoms with van der Waals surface area (Å²) in [6.45, 7) is 0.998. The summed E-state index contributed by atoms with van der Waals surface area (Å²) in [6, 6.07) is 3.89. The van der Waals surface area contributed by atoms with E-state index in [1.165, 1.54) is 0 Å². The number of rotatable bonds is 3. The first-order valence-electron chi connectivity index (χ1n) is 5.35. The summed E-state index contributed by atoms with van der Waals surface area (Å²) in [5.41, 5.74) is 0.809. The average Bonchev–Trinajstić information content (AvgIpc) is 2.31. The Morgan fingerprint density at radius 2 is 2.38 bits per heavy atom. The Bertz CT molecular complexity index is 338. The van der Waals surface area contributed by atoms with Crippen LogP contribution in [0.5, 0.6) is 0 Å². The van der Waals surface area contributed by atoms with Crippen LogP contribution in [0.15, 0.2) is 24.5 Å². The Labute approximate surface area is 99.2 Å². The number of hydrogen-bond donors (Lipinski definition) is 2. The largest absolute Gasteiger partial charge is 0.326 e. The van der Waals surface area contributed by atoms with Crippen molar-refractivity contribution in [3.63, 3.8) is 0 Å². The third-order valence-electron chi connectivity index (χ3n) is 2.39. The van der Waals surface area contributed by atoms with Gasteiger partial charge in [0.25, 0.3) is 0 Å². The van der Waals surface area contributed by atoms with Gasteiger partial charge in [-0.2, -0.15) is 11.8 Å². The van der Waals surface area contributed by atoms with Crippen LogP contribution in [0.4, 0.5) is 5.69 Å². The molecule has 1 aromatic heterocycles. The fourth-order valence-electron chi connectivity index (χ4n) is 1.62. The molecule has 0 saturated carbocycles. The molecule has 0 aromatic carbocycles. The molecule has 5 heteroatoms. The lowest BCUT2D eigenvalue weighted by molar-refractivity contribution is -0.116. The van der Waals surface area contributed by atoms with Crippen LogP contribution in [0, 0.1) is 0 Å². The number of nitrogens with one attached hydrogen (secondary N) is 2. The highest BCUT2D eigenvalue weighted by molar-refractivity contribution is 7.99. The van der Waals surface area contributed by atoms with Crippen molar-refractivity contribution in [2.75, 3.05) is 23.4 Å². The van der Waals surface area contributed by atoms with Crippen LogP contribution in [0.1, 0.15) is 6.42 Å². The standard InChI is InChI=1S/C11H15N3OS/c15-11(7-10-8-16-6-5-13-10)14-9-1-3-12-4-2-9/h1-4,10,13H,5-8H2,(H,12,14,15). The second-order valence-corrected chi connectivity index (χ2v) is 4.86. The van der Waals surface area contributed by atoms with E-state index < -0.39 is 0 Å². The molecule has 2 rings (SSSR count). The zero-order valence-corrected chi connectivity index (χ0v) is 9.80. The molecule has 1 unspecified atom stereocenters. The van der Waals surface area contributed by atoms with Gasteiger partial charge in [0, 0.05) is 48.6 Å². The zero-order valence-electron chi connectivity index (χ0n) is 8.98. The molecule has 1 aliphatic rings. The lowest BCUT2D eigenvalue weighted by Crippen LogP contribution is -2.39. The van der Waals surface area contributed by atoms with E-state index in [2.05, 4.69) is 15.6 Å². The van der Waals surface area contributed by atoms with Crippen LogP contribution in [0.3, 0.4) is 0 Å². The van der Waals surface area contributed by atoms with Crippen molar-refractivity contribution in [1.29, 1.82) is 0 Å². The molecule has 16 heavy (non-hydrogen) atoms. The summed E-state index contributed by atoms with van der Waals surface area (Å²) in [6.07, 6.45) is 3.88. The van der Waals surface area contributed by atoms with E-state index in [4.69, 9.17) is 0 Å². The van der Waals surface area contributed by atoms with Gasteiger partial charge in [0.05, 0.1) is 0 Å². The van der Waals surface area contributed by atoms with Gasteiger partial charge in [-0.05, 0) is 12.1 Å². The lowest BCUT2D eigenvalue weighted by Gasteiger charge is -2.22. The maximum atomic E-state index is 11.7. The number of thioether (sulfide) groups is 1. The lowest BCUT2D eigenvalue weighted by atomic mass is 10.2. The number of aromatic nitrogens is 1. The maximum Gasteiger partial charge on any atom is 0.225 e. The molecule has 0 aliphatic carbocycles. The first-order valence-corrected chi connectivity index (χ1v) is 6.51. The van der Waals surface area contributed by atoms with Gasteiger partial charge in [-0.3, -0.25) is 9.78 Å². The summed E-state index contributed by atoms with van der Waals surface area (Å²) >= 11 is 1.90. The monoisotopic (exact) mass is 237 g/mol. The van der Waals surface area contributed by atoms with Crippen molar-refractivity contribution in [3.05, 3.63) is 24.5 Å². The zero-order chi connectivity index (χ0) is 11.2. The molecular formula is C11H15N3OS. The number of carbonyl (C=O) groups is 1. The summed E-state index contributed by atoms with van der Waals surface area (Å²) in [5, 5.41) is 6.20. The number of pyridine rings is 1. The van der Waals surface area contributed by atoms with Crippen molar-refractivity contribution in [2.45, 2.75) is 12.5 Å². The normalized spacial score (nSPS) is 20.4. The highest BCUT2D eigenvalue weighted by atomic mass is 32.2. The van der Waals surface area contributed by atoms with Crippen molar-refractivity contribution in [2.24, 2.45) is 0 Å². The maximum absolute atomic E-state index is 11.7. The number of anilines is 1. The minimum Gasteiger partial charge on any atom is -0.326 e. The van der Waals surface area contributed by atoms with E-state index in [1.807, 2.05) is 11.8 Å². The Hall–Kier alpha value is -1.07. The van der Waals surface area contributed by atoms with Gasteiger partial charge in [-0.15, -0.1) is 0 Å². The summed E-state index contributed by atoms with van der Waals surface area (Å²) in [7, 11) is 0. The molecule has 1 aromatic rings. The molecule has 1 atom stereocenters. The van der Waals surface area contributed by atoms with Crippen molar-refractivity contribution in [1.82, 2.24) is 10.3 Å². The molecule has 1 fully saturated rings. The quantitative estimate of drug-likeness (QED) is 0.827. The van der Waals surface area contributed by atoms with Crippen molar-refractivity contribution < 1.29 is 4.79 Å². The SMILES string of the molecule is O=C(CC1CSCCN1)Nc1ccncc1. The van der Waals surface area contributed by atoms with E-state index in [0.717, 1.165) is 23.7 Å². The summed E-state index contributed by atoms with van der Waals surface area (Å²) in [4.78, 5) is 15.6. The van der Waals surface area contributed by atoms with E-state index >= 15 is 0 Å². The second kappa shape index (κ2) is 5.86. The molecule has 1 aliphatic heterocycles. The molecule has 0 radical (unpaired) electrons. The first-order chi connectivity index (χ1) is 7.84. The Kier molecular flexibility index (Phi) is 4.18. The van der Waals surface area contributed by atoms with Gasteiger partial charge in [-0.1, -0.05) is 0 Å². The minimum atomic E-state index is 0.0613. The van der Waals surface area contributed by atoms with Crippen LogP contribution in [-0.4, -0.2) is 35.0 Å². The van der Waals surface area contributed by atoms with Gasteiger partial charge < -0.3 is 10.6 Å². The number of carbonyl (C=O) groups excluding carboxylic acids is 1. The third-order valence-corrected chi connectivity index (χ3v) is 3.53. The number of nitrogens with zero attached hydrogens (tertiary/aromatic N) is 1. The van der Waals surface area contributed by atoms with Gasteiger partial charge >= 0.3 is 0 Å². The molecule has 0 spiro atoms. The van der Waals surface area contributed by atoms with Gasteiger partial charge in [-0.25, -0.2) is 0 Å². The van der Waals surface area contributed by atoms with E-state index in [1.54, 1.807) is 24.5 Å². The minimum absolute atomic E-state index is 0.0613. The molecule has 0 bridgehead atoms. The number of hydrogen-bond acceptors (Lipinski definition) is 4. The highest BCUT2D eigenvalue weighted by Crippen LogP contribution is 2.11. The fraction of sp³-hybridized carbons (Fsp3) is 0.455. The van der Waals surface area contributed by atoms with E-state index in [0.29, 0.717) is 12.5 Å². The van der Waals surface area contributed by atoms with Crippen molar-refractivity contribution in [3.8, 4) is 0 Å². The van der Waals surface area contributed by atoms with Crippen LogP contribution < -0.4 is 10.6 Å². The topological polar surface area (TPSA) is 54.0 Å². The molecular weight excluding hydrogens is 222 g/mol. The van der Waals surface area contributed by atoms with Gasteiger partial charge in [0.2, 0.25) is 5.91 Å². The van der Waals surface area contributed by atoms with Crippen LogP contribution >= 0.6 is 11.8 Å². The Morgan fingerprint density at radius 1 is 1.56 bits per heavy atom. The van der Waals surface area contributed by atoms with Gasteiger partial charge in [0.15, 0.2) is 0 Å². The van der Waals surface area contributed by atoms with Gasteiger partial charge in [0.1, 0.15) is 0 Å². The predicted molar refractivity (Wildman–Crippen MR) is 66.6 cm³/mol. The third kappa shape index (κ3) is 3.50. The number of amides is 1. The van der Waals surface area contributed by atoms with E-state index in [9.17, 15) is 4.79 Å². The van der Waals surface area contributed by atoms with E-state index in [-0.39, 0.29) is 5.91 Å². The second-order valence-electron chi connectivity index (χ2n) is 3.71. The van der Waals surface area contributed by atoms with Crippen LogP contribution in [0.2, 0.25) is 0 Å². The predicted octanol–water partition coefficient (Wildman–Crippen LogP) is 1.12. The first kappa shape index (κ1) is 11.4. The summed E-state index contributed by atoms with van der Waals surface area (Å²) < 4.78 is 0. The highest BCUT2D eigenvalue weighted by Gasteiger charge is 2.16. The molecule has 2 heterocycles. The Balaban J connectivity index is 1.80. The van der Waals surface area contributed by atoms with Crippen LogP contribution in [0.25, 0.3) is 0 Å². The molecule has 86 valence electrons. The van der Waals surface area contributed by atoms with Crippen LogP contribution in [-0.2, 0) is 4.79 Å². The van der Waals surface area contributed by atoms with Crippen molar-refractivity contribution >= 4 is 23.4 Å². The Morgan fingerprint density at radius 3 is 3.06 bits per heavy atom. The summed E-state index contributed by atoms with van der Waals surface area (Å²) in [5.74, 6) is 2.22. The fourth-order valence-corrected chi connectivity index (χ4v) is 2.57.